The summed E-state index contributed by atoms with van der Waals surface area (Å²) < 4.78 is 31.7. The van der Waals surface area contributed by atoms with Crippen LogP contribution in [-0.2, 0) is 10.0 Å². The van der Waals surface area contributed by atoms with Crippen molar-refractivity contribution in [2.45, 2.75) is 17.7 Å². The van der Waals surface area contributed by atoms with Gasteiger partial charge in [-0.3, -0.25) is 0 Å². The highest BCUT2D eigenvalue weighted by Crippen LogP contribution is 2.24. The van der Waals surface area contributed by atoms with Crippen LogP contribution in [0.4, 0.5) is 0 Å². The van der Waals surface area contributed by atoms with E-state index in [1.807, 2.05) is 7.05 Å². The first kappa shape index (κ1) is 15.3. The second-order valence-corrected chi connectivity index (χ2v) is 7.02. The fourth-order valence-electron chi connectivity index (χ4n) is 2.54. The van der Waals surface area contributed by atoms with Gasteiger partial charge in [0.1, 0.15) is 5.75 Å². The molecule has 0 aliphatic carbocycles. The Morgan fingerprint density at radius 2 is 1.85 bits per heavy atom. The van der Waals surface area contributed by atoms with Crippen LogP contribution in [0.25, 0.3) is 0 Å². The molecule has 0 radical (unpaired) electrons. The maximum atomic E-state index is 12.5. The van der Waals surface area contributed by atoms with Crippen LogP contribution in [-0.4, -0.2) is 46.5 Å². The minimum atomic E-state index is -3.37. The molecule has 1 aromatic carbocycles. The second kappa shape index (κ2) is 6.56. The lowest BCUT2D eigenvalue weighted by Gasteiger charge is -2.31. The smallest absolute Gasteiger partial charge is 0.243 e. The monoisotopic (exact) mass is 298 g/mol. The summed E-state index contributed by atoms with van der Waals surface area (Å²) in [5.74, 6) is 1.24. The number of rotatable bonds is 5. The number of nitrogens with one attached hydrogen (secondary N) is 1. The van der Waals surface area contributed by atoms with Crippen molar-refractivity contribution in [1.29, 1.82) is 0 Å². The molecule has 0 bridgehead atoms. The normalized spacial score (nSPS) is 18.1. The van der Waals surface area contributed by atoms with Crippen LogP contribution < -0.4 is 10.1 Å². The van der Waals surface area contributed by atoms with Crippen molar-refractivity contribution >= 4 is 10.0 Å². The number of hydrogen-bond acceptors (Lipinski definition) is 4. The molecule has 20 heavy (non-hydrogen) atoms. The van der Waals surface area contributed by atoms with Crippen LogP contribution in [0.5, 0.6) is 5.75 Å². The molecule has 1 aliphatic heterocycles. The van der Waals surface area contributed by atoms with E-state index in [4.69, 9.17) is 4.74 Å². The van der Waals surface area contributed by atoms with Crippen molar-refractivity contribution in [2.75, 3.05) is 33.8 Å². The summed E-state index contributed by atoms with van der Waals surface area (Å²) >= 11 is 0. The van der Waals surface area contributed by atoms with E-state index in [1.165, 1.54) is 0 Å². The predicted octanol–water partition coefficient (Wildman–Crippen LogP) is 1.32. The Bertz CT molecular complexity index is 520. The van der Waals surface area contributed by atoms with Gasteiger partial charge in [0.25, 0.3) is 0 Å². The van der Waals surface area contributed by atoms with Crippen LogP contribution in [0.15, 0.2) is 29.2 Å². The summed E-state index contributed by atoms with van der Waals surface area (Å²) in [5, 5.41) is 3.15. The molecule has 5 nitrogen and oxygen atoms in total. The first-order valence-electron chi connectivity index (χ1n) is 6.86. The van der Waals surface area contributed by atoms with E-state index < -0.39 is 10.0 Å². The Kier molecular flexibility index (Phi) is 5.01. The third kappa shape index (κ3) is 3.31. The zero-order valence-corrected chi connectivity index (χ0v) is 12.8. The highest BCUT2D eigenvalue weighted by molar-refractivity contribution is 7.89. The first-order valence-corrected chi connectivity index (χ1v) is 8.30. The summed E-state index contributed by atoms with van der Waals surface area (Å²) in [6, 6.07) is 6.57. The average molecular weight is 298 g/mol. The number of sulfonamides is 1. The lowest BCUT2D eigenvalue weighted by molar-refractivity contribution is 0.270. The fourth-order valence-corrected chi connectivity index (χ4v) is 4.01. The SMILES string of the molecule is CNCC1CCN(S(=O)(=O)c2ccc(OC)cc2)CC1. The number of methoxy groups -OCH3 is 1. The molecule has 2 rings (SSSR count). The van der Waals surface area contributed by atoms with E-state index in [0.717, 1.165) is 19.4 Å². The molecule has 1 aliphatic rings. The largest absolute Gasteiger partial charge is 0.497 e. The summed E-state index contributed by atoms with van der Waals surface area (Å²) in [7, 11) is 0.129. The molecular formula is C14H22N2O3S. The van der Waals surface area contributed by atoms with E-state index in [9.17, 15) is 8.42 Å². The van der Waals surface area contributed by atoms with Gasteiger partial charge < -0.3 is 10.1 Å². The Labute approximate surface area is 121 Å². The molecule has 112 valence electrons. The Morgan fingerprint density at radius 3 is 2.35 bits per heavy atom. The standard InChI is InChI=1S/C14H22N2O3S/c1-15-11-12-7-9-16(10-8-12)20(17,18)14-5-3-13(19-2)4-6-14/h3-6,12,15H,7-11H2,1-2H3. The molecule has 0 saturated carbocycles. The van der Waals surface area contributed by atoms with Gasteiger partial charge in [-0.25, -0.2) is 8.42 Å². The van der Waals surface area contributed by atoms with Crippen LogP contribution in [0.3, 0.4) is 0 Å². The highest BCUT2D eigenvalue weighted by Gasteiger charge is 2.28. The number of nitrogens with zero attached hydrogens (tertiary/aromatic N) is 1. The zero-order chi connectivity index (χ0) is 14.6. The molecule has 1 heterocycles. The Hall–Kier alpha value is -1.11. The van der Waals surface area contributed by atoms with Crippen LogP contribution in [0, 0.1) is 5.92 Å². The van der Waals surface area contributed by atoms with Crippen molar-refractivity contribution in [3.8, 4) is 5.75 Å². The van der Waals surface area contributed by atoms with Crippen molar-refractivity contribution in [3.63, 3.8) is 0 Å². The van der Waals surface area contributed by atoms with Gasteiger partial charge >= 0.3 is 0 Å². The minimum absolute atomic E-state index is 0.338. The second-order valence-electron chi connectivity index (χ2n) is 5.08. The maximum absolute atomic E-state index is 12.5. The average Bonchev–Trinajstić information content (AvgIpc) is 2.48. The first-order chi connectivity index (χ1) is 9.57. The van der Waals surface area contributed by atoms with E-state index >= 15 is 0 Å². The lowest BCUT2D eigenvalue weighted by Crippen LogP contribution is -2.40. The zero-order valence-electron chi connectivity index (χ0n) is 12.0. The maximum Gasteiger partial charge on any atom is 0.243 e. The summed E-state index contributed by atoms with van der Waals surface area (Å²) in [4.78, 5) is 0.338. The summed E-state index contributed by atoms with van der Waals surface area (Å²) in [5.41, 5.74) is 0. The third-order valence-electron chi connectivity index (χ3n) is 3.76. The third-order valence-corrected chi connectivity index (χ3v) is 5.68. The topological polar surface area (TPSA) is 58.6 Å². The molecule has 1 fully saturated rings. The van der Waals surface area contributed by atoms with Crippen molar-refractivity contribution in [3.05, 3.63) is 24.3 Å². The van der Waals surface area contributed by atoms with E-state index in [2.05, 4.69) is 5.32 Å². The molecule has 0 aromatic heterocycles. The van der Waals surface area contributed by atoms with Crippen LogP contribution in [0.2, 0.25) is 0 Å². The van der Waals surface area contributed by atoms with Crippen LogP contribution in [0.1, 0.15) is 12.8 Å². The lowest BCUT2D eigenvalue weighted by atomic mass is 9.98. The van der Waals surface area contributed by atoms with Crippen molar-refractivity contribution < 1.29 is 13.2 Å². The van der Waals surface area contributed by atoms with E-state index in [0.29, 0.717) is 29.7 Å². The van der Waals surface area contributed by atoms with Gasteiger partial charge in [-0.05, 0) is 56.6 Å². The molecule has 1 N–H and O–H groups in total. The highest BCUT2D eigenvalue weighted by atomic mass is 32.2. The van der Waals surface area contributed by atoms with Crippen LogP contribution >= 0.6 is 0 Å². The molecule has 1 saturated heterocycles. The van der Waals surface area contributed by atoms with Gasteiger partial charge in [0, 0.05) is 13.1 Å². The van der Waals surface area contributed by atoms with Gasteiger partial charge in [-0.2, -0.15) is 4.31 Å². The number of ether oxygens (including phenoxy) is 1. The molecule has 1 aromatic rings. The van der Waals surface area contributed by atoms with Gasteiger partial charge in [-0.15, -0.1) is 0 Å². The van der Waals surface area contributed by atoms with Crippen molar-refractivity contribution in [2.24, 2.45) is 5.92 Å². The quantitative estimate of drug-likeness (QED) is 0.890. The predicted molar refractivity (Wildman–Crippen MR) is 78.4 cm³/mol. The molecule has 0 spiro atoms. The van der Waals surface area contributed by atoms with Gasteiger partial charge in [0.05, 0.1) is 12.0 Å². The molecule has 0 atom stereocenters. The number of benzene rings is 1. The summed E-state index contributed by atoms with van der Waals surface area (Å²) in [6.07, 6.45) is 1.83. The number of piperidine rings is 1. The van der Waals surface area contributed by atoms with Gasteiger partial charge in [0.15, 0.2) is 0 Å². The Balaban J connectivity index is 2.07. The van der Waals surface area contributed by atoms with Crippen molar-refractivity contribution in [1.82, 2.24) is 9.62 Å². The summed E-state index contributed by atoms with van der Waals surface area (Å²) in [6.45, 7) is 2.15. The van der Waals surface area contributed by atoms with Gasteiger partial charge in [0.2, 0.25) is 10.0 Å². The van der Waals surface area contributed by atoms with Gasteiger partial charge in [-0.1, -0.05) is 0 Å². The van der Waals surface area contributed by atoms with E-state index in [-0.39, 0.29) is 0 Å². The minimum Gasteiger partial charge on any atom is -0.497 e. The Morgan fingerprint density at radius 1 is 1.25 bits per heavy atom. The molecule has 6 heteroatoms. The molecule has 0 amide bonds. The molecular weight excluding hydrogens is 276 g/mol. The molecule has 0 unspecified atom stereocenters. The number of hydrogen-bond donors (Lipinski definition) is 1. The van der Waals surface area contributed by atoms with E-state index in [1.54, 1.807) is 35.7 Å². The fraction of sp³-hybridized carbons (Fsp3) is 0.571.